The molecule has 5 heteroatoms. The number of rotatable bonds is 35. The summed E-state index contributed by atoms with van der Waals surface area (Å²) in [4.78, 5) is 24.1. The Hall–Kier alpha value is -1.10. The third-order valence-corrected chi connectivity index (χ3v) is 9.37. The summed E-state index contributed by atoms with van der Waals surface area (Å²) in [6.45, 7) is 8.82. The smallest absolute Gasteiger partial charge is 0.306 e. The van der Waals surface area contributed by atoms with E-state index in [9.17, 15) is 14.7 Å². The highest BCUT2D eigenvalue weighted by Crippen LogP contribution is 2.17. The lowest BCUT2D eigenvalue weighted by Crippen LogP contribution is -2.28. The SMILES string of the molecule is CCC(C)CCCCCCCCCCCCCCCCCCCCC(=O)OC[C@H](CO)OC(=O)CCCCCCCCC(C)C. The first-order chi connectivity index (χ1) is 21.9. The van der Waals surface area contributed by atoms with Gasteiger partial charge in [-0.25, -0.2) is 0 Å². The fraction of sp³-hybridized carbons (Fsp3) is 0.950. The molecule has 0 saturated carbocycles. The van der Waals surface area contributed by atoms with Crippen LogP contribution >= 0.6 is 0 Å². The minimum Gasteiger partial charge on any atom is -0.462 e. The van der Waals surface area contributed by atoms with Crippen LogP contribution in [0, 0.1) is 11.8 Å². The van der Waals surface area contributed by atoms with Gasteiger partial charge in [0, 0.05) is 12.8 Å². The highest BCUT2D eigenvalue weighted by Gasteiger charge is 2.16. The number of aliphatic hydroxyl groups excluding tert-OH is 1. The second-order valence-electron chi connectivity index (χ2n) is 14.4. The lowest BCUT2D eigenvalue weighted by molar-refractivity contribution is -0.161. The molecule has 0 aromatic carbocycles. The van der Waals surface area contributed by atoms with E-state index in [1.165, 1.54) is 141 Å². The molecule has 0 radical (unpaired) electrons. The van der Waals surface area contributed by atoms with E-state index in [0.717, 1.165) is 43.9 Å². The number of esters is 2. The molecule has 0 aromatic heterocycles. The van der Waals surface area contributed by atoms with E-state index >= 15 is 0 Å². The summed E-state index contributed by atoms with van der Waals surface area (Å²) in [6.07, 6.45) is 34.7. The van der Waals surface area contributed by atoms with Gasteiger partial charge >= 0.3 is 11.9 Å². The van der Waals surface area contributed by atoms with E-state index in [1.807, 2.05) is 0 Å². The molecule has 2 atom stereocenters. The Bertz CT molecular complexity index is 634. The minimum absolute atomic E-state index is 0.0599. The summed E-state index contributed by atoms with van der Waals surface area (Å²) >= 11 is 0. The second kappa shape index (κ2) is 34.2. The summed E-state index contributed by atoms with van der Waals surface area (Å²) in [5, 5.41) is 9.51. The number of carbonyl (C=O) groups is 2. The number of hydrogen-bond acceptors (Lipinski definition) is 5. The van der Waals surface area contributed by atoms with Crippen molar-refractivity contribution in [2.75, 3.05) is 13.2 Å². The zero-order valence-electron chi connectivity index (χ0n) is 30.7. The number of unbranched alkanes of at least 4 members (excludes halogenated alkanes) is 22. The minimum atomic E-state index is -0.763. The van der Waals surface area contributed by atoms with Gasteiger partial charge < -0.3 is 14.6 Å². The van der Waals surface area contributed by atoms with Crippen molar-refractivity contribution in [2.45, 2.75) is 220 Å². The molecule has 0 heterocycles. The third-order valence-electron chi connectivity index (χ3n) is 9.37. The first kappa shape index (κ1) is 43.9. The van der Waals surface area contributed by atoms with Crippen molar-refractivity contribution in [1.29, 1.82) is 0 Å². The van der Waals surface area contributed by atoms with Crippen LogP contribution in [0.3, 0.4) is 0 Å². The normalized spacial score (nSPS) is 12.8. The number of hydrogen-bond donors (Lipinski definition) is 1. The van der Waals surface area contributed by atoms with Gasteiger partial charge in [-0.2, -0.15) is 0 Å². The lowest BCUT2D eigenvalue weighted by atomic mass is 9.99. The molecule has 0 aliphatic heterocycles. The second-order valence-corrected chi connectivity index (χ2v) is 14.4. The van der Waals surface area contributed by atoms with Crippen LogP contribution in [0.5, 0.6) is 0 Å². The largest absolute Gasteiger partial charge is 0.462 e. The van der Waals surface area contributed by atoms with Crippen molar-refractivity contribution in [3.05, 3.63) is 0 Å². The van der Waals surface area contributed by atoms with Gasteiger partial charge in [-0.15, -0.1) is 0 Å². The van der Waals surface area contributed by atoms with Gasteiger partial charge in [0.25, 0.3) is 0 Å². The molecule has 0 aliphatic carbocycles. The zero-order valence-corrected chi connectivity index (χ0v) is 30.7. The van der Waals surface area contributed by atoms with Crippen molar-refractivity contribution in [3.8, 4) is 0 Å². The summed E-state index contributed by atoms with van der Waals surface area (Å²) in [7, 11) is 0. The van der Waals surface area contributed by atoms with Crippen LogP contribution in [0.25, 0.3) is 0 Å². The van der Waals surface area contributed by atoms with Crippen LogP contribution in [-0.2, 0) is 19.1 Å². The monoisotopic (exact) mass is 639 g/mol. The Morgan fingerprint density at radius 2 is 0.867 bits per heavy atom. The van der Waals surface area contributed by atoms with Gasteiger partial charge in [-0.3, -0.25) is 9.59 Å². The van der Waals surface area contributed by atoms with Crippen LogP contribution in [0.2, 0.25) is 0 Å². The van der Waals surface area contributed by atoms with E-state index < -0.39 is 6.10 Å². The summed E-state index contributed by atoms with van der Waals surface area (Å²) in [6, 6.07) is 0. The first-order valence-corrected chi connectivity index (χ1v) is 19.8. The van der Waals surface area contributed by atoms with Gasteiger partial charge in [-0.1, -0.05) is 188 Å². The molecule has 0 bridgehead atoms. The summed E-state index contributed by atoms with van der Waals surface area (Å²) < 4.78 is 10.6. The topological polar surface area (TPSA) is 72.8 Å². The molecular formula is C40H78O5. The van der Waals surface area contributed by atoms with E-state index in [2.05, 4.69) is 27.7 Å². The van der Waals surface area contributed by atoms with E-state index in [0.29, 0.717) is 12.8 Å². The maximum absolute atomic E-state index is 12.1. The van der Waals surface area contributed by atoms with Crippen molar-refractivity contribution in [1.82, 2.24) is 0 Å². The molecule has 1 unspecified atom stereocenters. The van der Waals surface area contributed by atoms with Crippen molar-refractivity contribution in [2.24, 2.45) is 11.8 Å². The molecule has 45 heavy (non-hydrogen) atoms. The number of carbonyl (C=O) groups excluding carboxylic acids is 2. The van der Waals surface area contributed by atoms with E-state index in [1.54, 1.807) is 0 Å². The fourth-order valence-electron chi connectivity index (χ4n) is 5.95. The molecule has 0 amide bonds. The lowest BCUT2D eigenvalue weighted by Gasteiger charge is -2.15. The van der Waals surface area contributed by atoms with Crippen LogP contribution in [0.15, 0.2) is 0 Å². The quantitative estimate of drug-likeness (QED) is 0.0552. The molecule has 0 aromatic rings. The Kier molecular flexibility index (Phi) is 33.4. The third kappa shape index (κ3) is 34.1. The van der Waals surface area contributed by atoms with Crippen molar-refractivity contribution >= 4 is 11.9 Å². The summed E-state index contributed by atoms with van der Waals surface area (Å²) in [5.74, 6) is 1.11. The molecule has 0 saturated heterocycles. The van der Waals surface area contributed by atoms with Crippen LogP contribution < -0.4 is 0 Å². The highest BCUT2D eigenvalue weighted by molar-refractivity contribution is 5.70. The Labute approximate surface area is 280 Å². The first-order valence-electron chi connectivity index (χ1n) is 19.8. The van der Waals surface area contributed by atoms with Gasteiger partial charge in [0.1, 0.15) is 6.61 Å². The predicted molar refractivity (Wildman–Crippen MR) is 191 cm³/mol. The Morgan fingerprint density at radius 3 is 1.24 bits per heavy atom. The fourth-order valence-corrected chi connectivity index (χ4v) is 5.95. The Balaban J connectivity index is 3.44. The van der Waals surface area contributed by atoms with Crippen molar-refractivity contribution < 1.29 is 24.2 Å². The number of ether oxygens (including phenoxy) is 2. The van der Waals surface area contributed by atoms with Crippen molar-refractivity contribution in [3.63, 3.8) is 0 Å². The predicted octanol–water partition coefficient (Wildman–Crippen LogP) is 12.1. The summed E-state index contributed by atoms with van der Waals surface area (Å²) in [5.41, 5.74) is 0. The Morgan fingerprint density at radius 1 is 0.511 bits per heavy atom. The maximum atomic E-state index is 12.1. The molecule has 0 fully saturated rings. The highest BCUT2D eigenvalue weighted by atomic mass is 16.6. The molecule has 0 spiro atoms. The van der Waals surface area contributed by atoms with Crippen LogP contribution in [0.4, 0.5) is 0 Å². The standard InChI is InChI=1S/C40H78O5/c1-5-37(4)31-27-23-18-16-14-12-10-8-6-7-9-11-13-15-17-19-24-28-32-39(42)44-35-38(34-41)45-40(43)33-29-25-21-20-22-26-30-36(2)3/h36-38,41H,5-35H2,1-4H3/t37?,38-/m0/s1. The average molecular weight is 639 g/mol. The zero-order chi connectivity index (χ0) is 33.2. The molecule has 0 aliphatic rings. The molecule has 268 valence electrons. The van der Waals surface area contributed by atoms with E-state index in [4.69, 9.17) is 9.47 Å². The van der Waals surface area contributed by atoms with Gasteiger partial charge in [0.15, 0.2) is 6.10 Å². The molecular weight excluding hydrogens is 560 g/mol. The maximum Gasteiger partial charge on any atom is 0.306 e. The van der Waals surface area contributed by atoms with Gasteiger partial charge in [0.2, 0.25) is 0 Å². The molecule has 5 nitrogen and oxygen atoms in total. The molecule has 0 rings (SSSR count). The van der Waals surface area contributed by atoms with Gasteiger partial charge in [0.05, 0.1) is 6.61 Å². The van der Waals surface area contributed by atoms with Gasteiger partial charge in [-0.05, 0) is 24.7 Å². The van der Waals surface area contributed by atoms with Crippen LogP contribution in [-0.4, -0.2) is 36.4 Å². The van der Waals surface area contributed by atoms with Crippen LogP contribution in [0.1, 0.15) is 214 Å². The molecule has 1 N–H and O–H groups in total. The van der Waals surface area contributed by atoms with E-state index in [-0.39, 0.29) is 25.2 Å². The average Bonchev–Trinajstić information content (AvgIpc) is 3.02. The number of aliphatic hydroxyl groups is 1.